The summed E-state index contributed by atoms with van der Waals surface area (Å²) in [6.45, 7) is 2.39. The zero-order valence-electron chi connectivity index (χ0n) is 9.20. The Labute approximate surface area is 94.5 Å². The summed E-state index contributed by atoms with van der Waals surface area (Å²) in [6, 6.07) is 6.01. The number of nitriles is 1. The van der Waals surface area contributed by atoms with Crippen LogP contribution in [0, 0.1) is 17.1 Å². The van der Waals surface area contributed by atoms with Crippen LogP contribution >= 0.6 is 0 Å². The van der Waals surface area contributed by atoms with Crippen molar-refractivity contribution in [2.45, 2.75) is 25.9 Å². The Bertz CT molecular complexity index is 385. The molecule has 3 nitrogen and oxygen atoms in total. The topological polar surface area (TPSA) is 56.0 Å². The van der Waals surface area contributed by atoms with Gasteiger partial charge in [-0.25, -0.2) is 4.39 Å². The number of hydrogen-bond donors (Lipinski definition) is 2. The van der Waals surface area contributed by atoms with E-state index in [-0.39, 0.29) is 6.10 Å². The van der Waals surface area contributed by atoms with Crippen LogP contribution in [0.5, 0.6) is 0 Å². The van der Waals surface area contributed by atoms with Crippen molar-refractivity contribution in [1.29, 1.82) is 5.26 Å². The van der Waals surface area contributed by atoms with E-state index in [9.17, 15) is 4.39 Å². The highest BCUT2D eigenvalue weighted by molar-refractivity contribution is 5.57. The lowest BCUT2D eigenvalue weighted by atomic mass is 10.1. The number of nitrogens with one attached hydrogen (secondary N) is 1. The Morgan fingerprint density at radius 1 is 1.56 bits per heavy atom. The van der Waals surface area contributed by atoms with Crippen molar-refractivity contribution >= 4 is 5.69 Å². The van der Waals surface area contributed by atoms with Crippen molar-refractivity contribution in [1.82, 2.24) is 0 Å². The molecule has 1 aromatic rings. The Morgan fingerprint density at radius 2 is 2.31 bits per heavy atom. The van der Waals surface area contributed by atoms with E-state index in [1.807, 2.05) is 6.07 Å². The molecule has 1 unspecified atom stereocenters. The minimum atomic E-state index is -0.411. The van der Waals surface area contributed by atoms with Crippen LogP contribution in [0.4, 0.5) is 10.1 Å². The van der Waals surface area contributed by atoms with Crippen LogP contribution in [0.25, 0.3) is 0 Å². The molecule has 86 valence electrons. The van der Waals surface area contributed by atoms with E-state index in [0.717, 1.165) is 6.42 Å². The summed E-state index contributed by atoms with van der Waals surface area (Å²) in [5.41, 5.74) is 0.937. The summed E-state index contributed by atoms with van der Waals surface area (Å²) in [4.78, 5) is 0. The number of rotatable bonds is 5. The summed E-state index contributed by atoms with van der Waals surface area (Å²) >= 11 is 0. The SMILES string of the molecule is CC(O)CCCNc1ccc(F)cc1C#N. The van der Waals surface area contributed by atoms with Crippen molar-refractivity contribution in [3.8, 4) is 6.07 Å². The lowest BCUT2D eigenvalue weighted by molar-refractivity contribution is 0.183. The van der Waals surface area contributed by atoms with Crippen molar-refractivity contribution in [2.24, 2.45) is 0 Å². The number of nitrogens with zero attached hydrogens (tertiary/aromatic N) is 1. The zero-order chi connectivity index (χ0) is 12.0. The predicted octanol–water partition coefficient (Wildman–Crippen LogP) is 2.27. The lowest BCUT2D eigenvalue weighted by Gasteiger charge is -2.08. The molecule has 0 heterocycles. The molecule has 16 heavy (non-hydrogen) atoms. The van der Waals surface area contributed by atoms with Gasteiger partial charge in [-0.2, -0.15) is 5.26 Å². The Morgan fingerprint density at radius 3 is 2.94 bits per heavy atom. The van der Waals surface area contributed by atoms with E-state index >= 15 is 0 Å². The molecule has 0 radical (unpaired) electrons. The van der Waals surface area contributed by atoms with Gasteiger partial charge in [0.1, 0.15) is 11.9 Å². The molecule has 0 spiro atoms. The minimum Gasteiger partial charge on any atom is -0.393 e. The van der Waals surface area contributed by atoms with Crippen molar-refractivity contribution < 1.29 is 9.50 Å². The fraction of sp³-hybridized carbons (Fsp3) is 0.417. The second-order valence-corrected chi connectivity index (χ2v) is 3.72. The average molecular weight is 222 g/mol. The molecule has 0 fully saturated rings. The molecule has 0 aromatic heterocycles. The maximum absolute atomic E-state index is 12.8. The Balaban J connectivity index is 2.51. The second-order valence-electron chi connectivity index (χ2n) is 3.72. The van der Waals surface area contributed by atoms with Crippen molar-refractivity contribution in [3.05, 3.63) is 29.6 Å². The van der Waals surface area contributed by atoms with E-state index in [1.165, 1.54) is 12.1 Å². The molecule has 1 rings (SSSR count). The fourth-order valence-electron chi connectivity index (χ4n) is 1.38. The van der Waals surface area contributed by atoms with Crippen LogP contribution in [0.3, 0.4) is 0 Å². The third kappa shape index (κ3) is 3.87. The second kappa shape index (κ2) is 6.09. The lowest BCUT2D eigenvalue weighted by Crippen LogP contribution is -2.07. The van der Waals surface area contributed by atoms with E-state index in [1.54, 1.807) is 13.0 Å². The molecule has 0 saturated carbocycles. The van der Waals surface area contributed by atoms with Gasteiger partial charge in [0.15, 0.2) is 0 Å². The fourth-order valence-corrected chi connectivity index (χ4v) is 1.38. The van der Waals surface area contributed by atoms with Crippen molar-refractivity contribution in [2.75, 3.05) is 11.9 Å². The number of aliphatic hydroxyl groups is 1. The third-order valence-electron chi connectivity index (χ3n) is 2.22. The molecule has 2 N–H and O–H groups in total. The minimum absolute atomic E-state index is 0.303. The first-order valence-corrected chi connectivity index (χ1v) is 5.25. The van der Waals surface area contributed by atoms with Crippen molar-refractivity contribution in [3.63, 3.8) is 0 Å². The van der Waals surface area contributed by atoms with Gasteiger partial charge >= 0.3 is 0 Å². The first-order chi connectivity index (χ1) is 7.63. The predicted molar refractivity (Wildman–Crippen MR) is 60.5 cm³/mol. The van der Waals surface area contributed by atoms with Crippen LogP contribution in [0.1, 0.15) is 25.3 Å². The molecule has 0 aliphatic heterocycles. The highest BCUT2D eigenvalue weighted by atomic mass is 19.1. The van der Waals surface area contributed by atoms with Gasteiger partial charge < -0.3 is 10.4 Å². The summed E-state index contributed by atoms with van der Waals surface area (Å²) < 4.78 is 12.8. The van der Waals surface area contributed by atoms with Gasteiger partial charge in [0, 0.05) is 6.54 Å². The average Bonchev–Trinajstić information content (AvgIpc) is 2.25. The smallest absolute Gasteiger partial charge is 0.124 e. The van der Waals surface area contributed by atoms with Crippen LogP contribution in [-0.4, -0.2) is 17.8 Å². The van der Waals surface area contributed by atoms with E-state index < -0.39 is 5.82 Å². The summed E-state index contributed by atoms with van der Waals surface area (Å²) in [6.07, 6.45) is 1.20. The number of halogens is 1. The van der Waals surface area contributed by atoms with Gasteiger partial charge in [0.25, 0.3) is 0 Å². The zero-order valence-corrected chi connectivity index (χ0v) is 9.20. The van der Waals surface area contributed by atoms with Gasteiger partial charge in [0.05, 0.1) is 17.4 Å². The largest absolute Gasteiger partial charge is 0.393 e. The molecule has 0 amide bonds. The van der Waals surface area contributed by atoms with E-state index in [4.69, 9.17) is 10.4 Å². The monoisotopic (exact) mass is 222 g/mol. The van der Waals surface area contributed by atoms with E-state index in [2.05, 4.69) is 5.32 Å². The maximum Gasteiger partial charge on any atom is 0.124 e. The van der Waals surface area contributed by atoms with Crippen LogP contribution < -0.4 is 5.32 Å². The Kier molecular flexibility index (Phi) is 4.74. The summed E-state index contributed by atoms with van der Waals surface area (Å²) in [5, 5.41) is 20.9. The first-order valence-electron chi connectivity index (χ1n) is 5.25. The summed E-state index contributed by atoms with van der Waals surface area (Å²) in [7, 11) is 0. The number of hydrogen-bond acceptors (Lipinski definition) is 3. The molecule has 0 aliphatic rings. The number of anilines is 1. The summed E-state index contributed by atoms with van der Waals surface area (Å²) in [5.74, 6) is -0.411. The quantitative estimate of drug-likeness (QED) is 0.751. The van der Waals surface area contributed by atoms with Crippen LogP contribution in [-0.2, 0) is 0 Å². The molecule has 4 heteroatoms. The molecular formula is C12H15FN2O. The maximum atomic E-state index is 12.8. The standard InChI is InChI=1S/C12H15FN2O/c1-9(16)3-2-6-15-12-5-4-11(13)7-10(12)8-14/h4-5,7,9,15-16H,2-3,6H2,1H3. The molecule has 0 bridgehead atoms. The Hall–Kier alpha value is -1.60. The molecule has 1 atom stereocenters. The highest BCUT2D eigenvalue weighted by Gasteiger charge is 2.03. The van der Waals surface area contributed by atoms with Crippen LogP contribution in [0.15, 0.2) is 18.2 Å². The third-order valence-corrected chi connectivity index (χ3v) is 2.22. The van der Waals surface area contributed by atoms with Gasteiger partial charge in [-0.05, 0) is 38.0 Å². The van der Waals surface area contributed by atoms with Gasteiger partial charge in [-0.3, -0.25) is 0 Å². The van der Waals surface area contributed by atoms with Gasteiger partial charge in [-0.15, -0.1) is 0 Å². The molecule has 1 aromatic carbocycles. The van der Waals surface area contributed by atoms with Gasteiger partial charge in [-0.1, -0.05) is 0 Å². The molecular weight excluding hydrogens is 207 g/mol. The van der Waals surface area contributed by atoms with Gasteiger partial charge in [0.2, 0.25) is 0 Å². The molecule has 0 aliphatic carbocycles. The normalized spacial score (nSPS) is 11.9. The number of aliphatic hydroxyl groups excluding tert-OH is 1. The molecule has 0 saturated heterocycles. The first kappa shape index (κ1) is 12.5. The van der Waals surface area contributed by atoms with E-state index in [0.29, 0.717) is 24.2 Å². The van der Waals surface area contributed by atoms with Crippen LogP contribution in [0.2, 0.25) is 0 Å². The number of benzene rings is 1. The highest BCUT2D eigenvalue weighted by Crippen LogP contribution is 2.15.